The summed E-state index contributed by atoms with van der Waals surface area (Å²) in [6.45, 7) is 1.99. The van der Waals surface area contributed by atoms with E-state index in [-0.39, 0.29) is 5.01 Å². The van der Waals surface area contributed by atoms with Gasteiger partial charge in [0.2, 0.25) is 0 Å². The van der Waals surface area contributed by atoms with Crippen molar-refractivity contribution in [3.8, 4) is 10.6 Å². The van der Waals surface area contributed by atoms with Crippen molar-refractivity contribution in [3.05, 3.63) is 34.8 Å². The smallest absolute Gasteiger partial charge is 0.435 e. The molecule has 0 bridgehead atoms. The zero-order valence-electron chi connectivity index (χ0n) is 10.8. The minimum absolute atomic E-state index is 0.0489. The highest BCUT2D eigenvalue weighted by atomic mass is 32.2. The van der Waals surface area contributed by atoms with Crippen LogP contribution in [-0.2, 0) is 6.18 Å². The fourth-order valence-corrected chi connectivity index (χ4v) is 3.23. The Hall–Kier alpha value is -1.54. The highest BCUT2D eigenvalue weighted by Crippen LogP contribution is 2.38. The molecule has 0 fully saturated rings. The molecule has 0 amide bonds. The second kappa shape index (κ2) is 6.07. The van der Waals surface area contributed by atoms with Crippen LogP contribution in [0, 0.1) is 0 Å². The zero-order valence-corrected chi connectivity index (χ0v) is 12.4. The van der Waals surface area contributed by atoms with Crippen LogP contribution in [0.1, 0.15) is 22.3 Å². The van der Waals surface area contributed by atoms with Gasteiger partial charge in [0, 0.05) is 10.5 Å². The number of hydrogen-bond acceptors (Lipinski definition) is 4. The molecular formula is C13H10F3NO2S2. The maximum absolute atomic E-state index is 12.8. The van der Waals surface area contributed by atoms with Gasteiger partial charge in [0.25, 0.3) is 0 Å². The van der Waals surface area contributed by atoms with Crippen LogP contribution in [0.3, 0.4) is 0 Å². The van der Waals surface area contributed by atoms with Gasteiger partial charge in [-0.15, -0.1) is 23.1 Å². The van der Waals surface area contributed by atoms with Crippen molar-refractivity contribution < 1.29 is 23.1 Å². The number of nitrogens with zero attached hydrogens (tertiary/aromatic N) is 1. The van der Waals surface area contributed by atoms with Crippen molar-refractivity contribution in [1.82, 2.24) is 4.98 Å². The standard InChI is InChI=1S/C13H10F3NO2S2/c1-2-20-8-5-3-7(4-6-8)11-17-10(13(14,15)16)9(21-11)12(18)19/h3-6H,2H2,1H3,(H,18,19). The van der Waals surface area contributed by atoms with E-state index in [0.717, 1.165) is 10.6 Å². The molecule has 1 heterocycles. The minimum atomic E-state index is -4.78. The molecule has 0 aliphatic heterocycles. The van der Waals surface area contributed by atoms with E-state index in [1.165, 1.54) is 0 Å². The normalized spacial score (nSPS) is 11.6. The second-order valence-corrected chi connectivity index (χ2v) is 6.29. The van der Waals surface area contributed by atoms with Crippen LogP contribution in [0.15, 0.2) is 29.2 Å². The van der Waals surface area contributed by atoms with Gasteiger partial charge in [-0.3, -0.25) is 0 Å². The van der Waals surface area contributed by atoms with Crippen LogP contribution >= 0.6 is 23.1 Å². The lowest BCUT2D eigenvalue weighted by molar-refractivity contribution is -0.141. The first kappa shape index (κ1) is 15.8. The predicted octanol–water partition coefficient (Wildman–Crippen LogP) is 4.64. The number of benzene rings is 1. The fourth-order valence-electron chi connectivity index (χ4n) is 1.64. The van der Waals surface area contributed by atoms with Crippen molar-refractivity contribution >= 4 is 29.1 Å². The molecule has 0 aliphatic rings. The maximum atomic E-state index is 12.8. The molecule has 1 N–H and O–H groups in total. The van der Waals surface area contributed by atoms with Crippen molar-refractivity contribution in [2.75, 3.05) is 5.75 Å². The Labute approximate surface area is 126 Å². The van der Waals surface area contributed by atoms with Crippen molar-refractivity contribution in [2.24, 2.45) is 0 Å². The Kier molecular flexibility index (Phi) is 4.58. The van der Waals surface area contributed by atoms with Crippen LogP contribution in [0.25, 0.3) is 10.6 Å². The number of hydrogen-bond donors (Lipinski definition) is 1. The number of thioether (sulfide) groups is 1. The first-order valence-corrected chi connectivity index (χ1v) is 7.67. The van der Waals surface area contributed by atoms with Crippen molar-refractivity contribution in [3.63, 3.8) is 0 Å². The van der Waals surface area contributed by atoms with Crippen molar-refractivity contribution in [2.45, 2.75) is 18.0 Å². The zero-order chi connectivity index (χ0) is 15.6. The molecule has 1 aromatic heterocycles. The van der Waals surface area contributed by atoms with Crippen molar-refractivity contribution in [1.29, 1.82) is 0 Å². The van der Waals surface area contributed by atoms with E-state index < -0.39 is 22.7 Å². The van der Waals surface area contributed by atoms with Gasteiger partial charge in [-0.25, -0.2) is 9.78 Å². The third-order valence-corrected chi connectivity index (χ3v) is 4.49. The summed E-state index contributed by atoms with van der Waals surface area (Å²) in [5, 5.41) is 8.92. The van der Waals surface area contributed by atoms with Crippen LogP contribution in [-0.4, -0.2) is 21.8 Å². The average molecular weight is 333 g/mol. The molecule has 0 unspecified atom stereocenters. The van der Waals surface area contributed by atoms with Gasteiger partial charge in [-0.1, -0.05) is 19.1 Å². The van der Waals surface area contributed by atoms with Gasteiger partial charge in [-0.05, 0) is 17.9 Å². The Morgan fingerprint density at radius 1 is 1.33 bits per heavy atom. The quantitative estimate of drug-likeness (QED) is 0.828. The molecule has 2 aromatic rings. The molecule has 1 aromatic carbocycles. The van der Waals surface area contributed by atoms with Gasteiger partial charge < -0.3 is 5.11 Å². The molecule has 21 heavy (non-hydrogen) atoms. The monoisotopic (exact) mass is 333 g/mol. The SMILES string of the molecule is CCSc1ccc(-c2nc(C(F)(F)F)c(C(=O)O)s2)cc1. The third kappa shape index (κ3) is 3.56. The van der Waals surface area contributed by atoms with Crippen LogP contribution in [0.2, 0.25) is 0 Å². The van der Waals surface area contributed by atoms with E-state index in [2.05, 4.69) is 4.98 Å². The molecule has 3 nitrogen and oxygen atoms in total. The number of aromatic nitrogens is 1. The minimum Gasteiger partial charge on any atom is -0.477 e. The number of carboxylic acids is 1. The van der Waals surface area contributed by atoms with Crippen LogP contribution < -0.4 is 0 Å². The Morgan fingerprint density at radius 2 is 1.95 bits per heavy atom. The van der Waals surface area contributed by atoms with Gasteiger partial charge in [0.1, 0.15) is 9.88 Å². The largest absolute Gasteiger partial charge is 0.477 e. The van der Waals surface area contributed by atoms with Gasteiger partial charge in [-0.2, -0.15) is 13.2 Å². The molecule has 2 rings (SSSR count). The number of alkyl halides is 3. The summed E-state index contributed by atoms with van der Waals surface area (Å²) in [6, 6.07) is 6.84. The number of aromatic carboxylic acids is 1. The number of halogens is 3. The third-order valence-electron chi connectivity index (χ3n) is 2.50. The molecule has 8 heteroatoms. The first-order chi connectivity index (χ1) is 9.82. The fraction of sp³-hybridized carbons (Fsp3) is 0.231. The van der Waals surface area contributed by atoms with Crippen LogP contribution in [0.4, 0.5) is 13.2 Å². The van der Waals surface area contributed by atoms with Crippen LogP contribution in [0.5, 0.6) is 0 Å². The lowest BCUT2D eigenvalue weighted by atomic mass is 10.2. The highest BCUT2D eigenvalue weighted by Gasteiger charge is 2.39. The molecule has 112 valence electrons. The summed E-state index contributed by atoms with van der Waals surface area (Å²) in [4.78, 5) is 14.6. The van der Waals surface area contributed by atoms with E-state index in [0.29, 0.717) is 16.9 Å². The number of rotatable bonds is 4. The summed E-state index contributed by atoms with van der Waals surface area (Å²) in [7, 11) is 0. The molecule has 0 spiro atoms. The van der Waals surface area contributed by atoms with Gasteiger partial charge in [0.15, 0.2) is 5.69 Å². The van der Waals surface area contributed by atoms with E-state index in [1.807, 2.05) is 6.92 Å². The molecular weight excluding hydrogens is 323 g/mol. The molecule has 0 saturated carbocycles. The number of thiazole rings is 1. The van der Waals surface area contributed by atoms with E-state index >= 15 is 0 Å². The first-order valence-electron chi connectivity index (χ1n) is 5.87. The summed E-state index contributed by atoms with van der Waals surface area (Å²) < 4.78 is 38.3. The van der Waals surface area contributed by atoms with E-state index in [9.17, 15) is 18.0 Å². The Balaban J connectivity index is 2.43. The average Bonchev–Trinajstić information content (AvgIpc) is 2.85. The molecule has 0 aliphatic carbocycles. The van der Waals surface area contributed by atoms with Gasteiger partial charge in [0.05, 0.1) is 0 Å². The summed E-state index contributed by atoms with van der Waals surface area (Å²) >= 11 is 2.13. The Morgan fingerprint density at radius 3 is 2.38 bits per heavy atom. The van der Waals surface area contributed by atoms with Gasteiger partial charge >= 0.3 is 12.1 Å². The number of carboxylic acid groups (broad SMARTS) is 1. The highest BCUT2D eigenvalue weighted by molar-refractivity contribution is 7.99. The molecule has 0 radical (unpaired) electrons. The number of carbonyl (C=O) groups is 1. The topological polar surface area (TPSA) is 50.2 Å². The molecule has 0 atom stereocenters. The lowest BCUT2D eigenvalue weighted by Crippen LogP contribution is -2.11. The van der Waals surface area contributed by atoms with E-state index in [4.69, 9.17) is 5.11 Å². The van der Waals surface area contributed by atoms with E-state index in [1.54, 1.807) is 36.0 Å². The summed E-state index contributed by atoms with van der Waals surface area (Å²) in [5.41, 5.74) is -0.875. The Bertz CT molecular complexity index is 650. The molecule has 0 saturated heterocycles. The maximum Gasteiger partial charge on any atom is 0.435 e. The lowest BCUT2D eigenvalue weighted by Gasteiger charge is -2.02. The second-order valence-electron chi connectivity index (χ2n) is 3.96. The predicted molar refractivity (Wildman–Crippen MR) is 75.9 cm³/mol. The summed E-state index contributed by atoms with van der Waals surface area (Å²) in [6.07, 6.45) is -4.78. The summed E-state index contributed by atoms with van der Waals surface area (Å²) in [5.74, 6) is -0.734.